The lowest BCUT2D eigenvalue weighted by atomic mass is 10.3. The van der Waals surface area contributed by atoms with Gasteiger partial charge in [0.15, 0.2) is 5.03 Å². The van der Waals surface area contributed by atoms with Crippen molar-refractivity contribution in [3.63, 3.8) is 0 Å². The van der Waals surface area contributed by atoms with E-state index in [2.05, 4.69) is 15.2 Å². The van der Waals surface area contributed by atoms with Crippen LogP contribution in [0, 0.1) is 0 Å². The number of aromatic amines is 1. The Bertz CT molecular complexity index is 934. The zero-order valence-electron chi connectivity index (χ0n) is 10.1. The van der Waals surface area contributed by atoms with Gasteiger partial charge in [-0.3, -0.25) is 4.79 Å². The minimum atomic E-state index is -3.69. The summed E-state index contributed by atoms with van der Waals surface area (Å²) in [5.41, 5.74) is -0.404. The Kier molecular flexibility index (Phi) is 2.83. The van der Waals surface area contributed by atoms with Crippen LogP contribution in [-0.4, -0.2) is 23.6 Å². The smallest absolute Gasteiger partial charge is 0.267 e. The lowest BCUT2D eigenvalue weighted by Gasteiger charge is -2.04. The van der Waals surface area contributed by atoms with Crippen LogP contribution in [0.25, 0.3) is 10.8 Å². The molecule has 2 heterocycles. The van der Waals surface area contributed by atoms with Crippen LogP contribution in [0.3, 0.4) is 0 Å². The number of rotatable bonds is 2. The van der Waals surface area contributed by atoms with Gasteiger partial charge in [-0.25, -0.2) is 18.5 Å². The molecule has 0 spiro atoms. The quantitative estimate of drug-likeness (QED) is 0.763. The lowest BCUT2D eigenvalue weighted by Crippen LogP contribution is -2.10. The van der Waals surface area contributed by atoms with Crippen molar-refractivity contribution in [2.24, 2.45) is 0 Å². The van der Waals surface area contributed by atoms with Crippen LogP contribution in [0.2, 0.25) is 0 Å². The average Bonchev–Trinajstić information content (AvgIpc) is 2.48. The van der Waals surface area contributed by atoms with Crippen molar-refractivity contribution in [2.75, 3.05) is 0 Å². The van der Waals surface area contributed by atoms with Gasteiger partial charge in [0.05, 0.1) is 16.5 Å². The van der Waals surface area contributed by atoms with E-state index in [0.717, 1.165) is 0 Å². The molecular formula is C13H9N3O3S. The zero-order valence-corrected chi connectivity index (χ0v) is 11.0. The maximum absolute atomic E-state index is 12.4. The van der Waals surface area contributed by atoms with E-state index < -0.39 is 15.4 Å². The largest absolute Gasteiger partial charge is 0.273 e. The molecule has 3 aromatic rings. The number of hydrogen-bond acceptors (Lipinski definition) is 5. The Balaban J connectivity index is 2.23. The Labute approximate surface area is 114 Å². The van der Waals surface area contributed by atoms with Gasteiger partial charge in [0.25, 0.3) is 5.56 Å². The Morgan fingerprint density at radius 2 is 1.80 bits per heavy atom. The van der Waals surface area contributed by atoms with Crippen LogP contribution in [0.1, 0.15) is 0 Å². The second-order valence-corrected chi connectivity index (χ2v) is 6.02. The summed E-state index contributed by atoms with van der Waals surface area (Å²) in [7, 11) is -3.69. The number of sulfone groups is 1. The molecule has 1 N–H and O–H groups in total. The highest BCUT2D eigenvalue weighted by Gasteiger charge is 2.19. The number of fused-ring (bicyclic) bond motifs is 1. The predicted octanol–water partition coefficient (Wildman–Crippen LogP) is 1.15. The minimum Gasteiger partial charge on any atom is -0.267 e. The summed E-state index contributed by atoms with van der Waals surface area (Å²) in [5.74, 6) is 0. The number of nitrogens with one attached hydrogen (secondary N) is 1. The highest BCUT2D eigenvalue weighted by atomic mass is 32.2. The van der Waals surface area contributed by atoms with Gasteiger partial charge in [0.1, 0.15) is 0 Å². The van der Waals surface area contributed by atoms with Gasteiger partial charge in [0, 0.05) is 11.6 Å². The van der Waals surface area contributed by atoms with E-state index in [9.17, 15) is 13.2 Å². The molecule has 0 saturated carbocycles. The molecule has 7 heteroatoms. The van der Waals surface area contributed by atoms with Gasteiger partial charge in [-0.2, -0.15) is 5.10 Å². The summed E-state index contributed by atoms with van der Waals surface area (Å²) in [5, 5.41) is 6.54. The molecule has 0 fully saturated rings. The van der Waals surface area contributed by atoms with Crippen molar-refractivity contribution in [1.82, 2.24) is 15.2 Å². The van der Waals surface area contributed by atoms with Crippen LogP contribution >= 0.6 is 0 Å². The number of pyridine rings is 1. The molecule has 3 rings (SSSR count). The van der Waals surface area contributed by atoms with Gasteiger partial charge >= 0.3 is 0 Å². The standard InChI is InChI=1S/C13H9N3O3S/c17-13-11-8-14-12(6-9(11)7-15-16-13)20(18,19)10-4-2-1-3-5-10/h1-8H,(H,16,17). The summed E-state index contributed by atoms with van der Waals surface area (Å²) in [6.07, 6.45) is 2.63. The first kappa shape index (κ1) is 12.5. The highest BCUT2D eigenvalue weighted by Crippen LogP contribution is 2.20. The third-order valence-corrected chi connectivity index (χ3v) is 4.52. The van der Waals surface area contributed by atoms with E-state index in [0.29, 0.717) is 10.8 Å². The molecule has 0 atom stereocenters. The monoisotopic (exact) mass is 287 g/mol. The first-order valence-corrected chi connectivity index (χ1v) is 7.21. The van der Waals surface area contributed by atoms with E-state index in [4.69, 9.17) is 0 Å². The van der Waals surface area contributed by atoms with Crippen molar-refractivity contribution >= 4 is 20.6 Å². The summed E-state index contributed by atoms with van der Waals surface area (Å²) >= 11 is 0. The molecule has 0 aliphatic carbocycles. The van der Waals surface area contributed by atoms with Crippen LogP contribution in [0.15, 0.2) is 63.5 Å². The molecule has 20 heavy (non-hydrogen) atoms. The summed E-state index contributed by atoms with van der Waals surface area (Å²) < 4.78 is 24.8. The number of hydrogen-bond donors (Lipinski definition) is 1. The van der Waals surface area contributed by atoms with Crippen molar-refractivity contribution in [2.45, 2.75) is 9.92 Å². The molecular weight excluding hydrogens is 278 g/mol. The van der Waals surface area contributed by atoms with Crippen molar-refractivity contribution in [1.29, 1.82) is 0 Å². The van der Waals surface area contributed by atoms with E-state index in [1.165, 1.54) is 30.6 Å². The Morgan fingerprint density at radius 3 is 2.55 bits per heavy atom. The molecule has 0 aliphatic rings. The predicted molar refractivity (Wildman–Crippen MR) is 72.1 cm³/mol. The fourth-order valence-corrected chi connectivity index (χ4v) is 3.07. The maximum Gasteiger partial charge on any atom is 0.273 e. The lowest BCUT2D eigenvalue weighted by molar-refractivity contribution is 0.592. The summed E-state index contributed by atoms with van der Waals surface area (Å²) in [6, 6.07) is 9.35. The second-order valence-electron chi connectivity index (χ2n) is 4.13. The van der Waals surface area contributed by atoms with Gasteiger partial charge in [-0.05, 0) is 18.2 Å². The number of aromatic nitrogens is 3. The average molecular weight is 287 g/mol. The summed E-state index contributed by atoms with van der Waals surface area (Å²) in [4.78, 5) is 15.5. The first-order chi connectivity index (χ1) is 9.59. The zero-order chi connectivity index (χ0) is 14.2. The van der Waals surface area contributed by atoms with E-state index in [1.54, 1.807) is 18.2 Å². The topological polar surface area (TPSA) is 92.8 Å². The molecule has 0 bridgehead atoms. The highest BCUT2D eigenvalue weighted by molar-refractivity contribution is 7.91. The van der Waals surface area contributed by atoms with Crippen molar-refractivity contribution in [3.8, 4) is 0 Å². The first-order valence-electron chi connectivity index (χ1n) is 5.72. The third-order valence-electron chi connectivity index (χ3n) is 2.85. The van der Waals surface area contributed by atoms with Gasteiger partial charge in [0.2, 0.25) is 9.84 Å². The molecule has 0 unspecified atom stereocenters. The molecule has 0 aliphatic heterocycles. The fraction of sp³-hybridized carbons (Fsp3) is 0. The van der Waals surface area contributed by atoms with Crippen molar-refractivity contribution in [3.05, 3.63) is 59.1 Å². The molecule has 2 aromatic heterocycles. The van der Waals surface area contributed by atoms with Crippen LogP contribution < -0.4 is 5.56 Å². The van der Waals surface area contributed by atoms with Crippen LogP contribution in [0.4, 0.5) is 0 Å². The summed E-state index contributed by atoms with van der Waals surface area (Å²) in [6.45, 7) is 0. The minimum absolute atomic E-state index is 0.108. The maximum atomic E-state index is 12.4. The normalized spacial score (nSPS) is 11.6. The molecule has 0 amide bonds. The van der Waals surface area contributed by atoms with Crippen molar-refractivity contribution < 1.29 is 8.42 Å². The number of H-pyrrole nitrogens is 1. The van der Waals surface area contributed by atoms with Crippen LogP contribution in [-0.2, 0) is 9.84 Å². The molecule has 0 radical (unpaired) electrons. The number of nitrogens with zero attached hydrogens (tertiary/aromatic N) is 2. The van der Waals surface area contributed by atoms with Gasteiger partial charge < -0.3 is 0 Å². The second kappa shape index (κ2) is 4.53. The Hall–Kier alpha value is -2.54. The van der Waals surface area contributed by atoms with E-state index in [1.807, 2.05) is 0 Å². The van der Waals surface area contributed by atoms with Gasteiger partial charge in [-0.1, -0.05) is 18.2 Å². The molecule has 6 nitrogen and oxygen atoms in total. The molecule has 0 saturated heterocycles. The Morgan fingerprint density at radius 1 is 1.05 bits per heavy atom. The molecule has 100 valence electrons. The molecule has 1 aromatic carbocycles. The van der Waals surface area contributed by atoms with E-state index >= 15 is 0 Å². The number of benzene rings is 1. The third kappa shape index (κ3) is 1.97. The SMILES string of the molecule is O=c1[nH]ncc2cc(S(=O)(=O)c3ccccc3)ncc12. The van der Waals surface area contributed by atoms with Crippen LogP contribution in [0.5, 0.6) is 0 Å². The van der Waals surface area contributed by atoms with Gasteiger partial charge in [-0.15, -0.1) is 0 Å². The fourth-order valence-electron chi connectivity index (χ4n) is 1.84. The van der Waals surface area contributed by atoms with E-state index in [-0.39, 0.29) is 9.92 Å².